The summed E-state index contributed by atoms with van der Waals surface area (Å²) in [5, 5.41) is 0. The van der Waals surface area contributed by atoms with Crippen LogP contribution in [-0.2, 0) is 10.0 Å². The minimum atomic E-state index is -3.85. The van der Waals surface area contributed by atoms with Gasteiger partial charge >= 0.3 is 29.6 Å². The number of nitrogen functional groups attached to an aromatic ring is 1. The molecule has 1 aromatic carbocycles. The van der Waals surface area contributed by atoms with Gasteiger partial charge in [0.1, 0.15) is 5.75 Å². The molecule has 0 spiro atoms. The van der Waals surface area contributed by atoms with Gasteiger partial charge in [0.05, 0.1) is 12.0 Å². The first-order valence-corrected chi connectivity index (χ1v) is 6.65. The van der Waals surface area contributed by atoms with Gasteiger partial charge in [0, 0.05) is 11.6 Å². The Morgan fingerprint density at radius 2 is 1.70 bits per heavy atom. The van der Waals surface area contributed by atoms with E-state index in [0.29, 0.717) is 11.4 Å². The second-order valence-electron chi connectivity index (χ2n) is 3.56. The van der Waals surface area contributed by atoms with Crippen LogP contribution in [0.1, 0.15) is 0 Å². The molecule has 0 bridgehead atoms. The van der Waals surface area contributed by atoms with Crippen LogP contribution in [-0.4, -0.2) is 25.5 Å². The van der Waals surface area contributed by atoms with Gasteiger partial charge in [-0.1, -0.05) is 0 Å². The summed E-state index contributed by atoms with van der Waals surface area (Å²) in [6.45, 7) is 0. The summed E-state index contributed by atoms with van der Waals surface area (Å²) in [4.78, 5) is 7.57. The molecule has 1 heterocycles. The van der Waals surface area contributed by atoms with Crippen molar-refractivity contribution in [3.63, 3.8) is 0 Å². The fourth-order valence-corrected chi connectivity index (χ4v) is 2.16. The molecule has 1 aromatic heterocycles. The van der Waals surface area contributed by atoms with Crippen molar-refractivity contribution in [1.82, 2.24) is 9.97 Å². The molecule has 100 valence electrons. The van der Waals surface area contributed by atoms with Crippen molar-refractivity contribution in [1.29, 1.82) is 0 Å². The summed E-state index contributed by atoms with van der Waals surface area (Å²) >= 11 is 0. The Bertz CT molecular complexity index is 659. The van der Waals surface area contributed by atoms with Gasteiger partial charge in [0.2, 0.25) is 10.0 Å². The van der Waals surface area contributed by atoms with Gasteiger partial charge in [0.15, 0.2) is 0 Å². The van der Waals surface area contributed by atoms with Crippen LogP contribution in [0.3, 0.4) is 0 Å². The molecular weight excluding hydrogens is 291 g/mol. The number of nitrogens with two attached hydrogens (primary N) is 1. The first kappa shape index (κ1) is 16.7. The number of nitrogens with zero attached hydrogens (tertiary/aromatic N) is 3. The average Bonchev–Trinajstić information content (AvgIpc) is 2.40. The molecule has 0 fully saturated rings. The van der Waals surface area contributed by atoms with Crippen molar-refractivity contribution in [3.8, 4) is 5.75 Å². The Morgan fingerprint density at radius 3 is 2.20 bits per heavy atom. The smallest absolute Gasteiger partial charge is 0.496 e. The number of ether oxygens (including phenoxy) is 1. The summed E-state index contributed by atoms with van der Waals surface area (Å²) in [5.74, 6) is 0.265. The first-order chi connectivity index (χ1) is 9.01. The predicted molar refractivity (Wildman–Crippen MR) is 69.6 cm³/mol. The van der Waals surface area contributed by atoms with Crippen molar-refractivity contribution < 1.29 is 42.7 Å². The van der Waals surface area contributed by atoms with Gasteiger partial charge < -0.3 is 20.4 Å². The van der Waals surface area contributed by atoms with Gasteiger partial charge in [0.25, 0.3) is 0 Å². The standard InChI is InChI=1S/C11H11N4O3S.Na/c1-18-9-6-13-11(14-7-9)15-19(16,17)10-4-2-8(12)3-5-10;/h2-7H,12H2,1H3;/q-1;+1. The molecule has 20 heavy (non-hydrogen) atoms. The summed E-state index contributed by atoms with van der Waals surface area (Å²) in [6.07, 6.45) is 2.68. The Morgan fingerprint density at radius 1 is 1.15 bits per heavy atom. The molecule has 0 aliphatic heterocycles. The zero-order valence-corrected chi connectivity index (χ0v) is 13.8. The van der Waals surface area contributed by atoms with Crippen molar-refractivity contribution >= 4 is 21.7 Å². The van der Waals surface area contributed by atoms with Gasteiger partial charge in [-0.15, -0.1) is 0 Å². The molecule has 0 aliphatic carbocycles. The normalized spacial score (nSPS) is 10.4. The van der Waals surface area contributed by atoms with E-state index in [4.69, 9.17) is 10.5 Å². The SMILES string of the molecule is COc1cnc([N-]S(=O)(=O)c2ccc(N)cc2)nc1.[Na+]. The number of rotatable bonds is 4. The van der Waals surface area contributed by atoms with Crippen LogP contribution in [0.15, 0.2) is 41.6 Å². The molecule has 9 heteroatoms. The molecule has 0 amide bonds. The molecule has 0 atom stereocenters. The summed E-state index contributed by atoms with van der Waals surface area (Å²) in [6, 6.07) is 5.71. The molecule has 0 saturated heterocycles. The van der Waals surface area contributed by atoms with Crippen LogP contribution < -0.4 is 40.0 Å². The van der Waals surface area contributed by atoms with Crippen LogP contribution in [0.5, 0.6) is 5.75 Å². The van der Waals surface area contributed by atoms with E-state index in [2.05, 4.69) is 14.7 Å². The number of anilines is 1. The topological polar surface area (TPSA) is 109 Å². The number of benzene rings is 1. The monoisotopic (exact) mass is 302 g/mol. The minimum Gasteiger partial charge on any atom is -0.496 e. The molecule has 7 nitrogen and oxygen atoms in total. The Labute approximate surface area is 138 Å². The molecule has 2 N–H and O–H groups in total. The van der Waals surface area contributed by atoms with Gasteiger partial charge in [-0.25, -0.2) is 8.42 Å². The number of aromatic nitrogens is 2. The number of hydrogen-bond acceptors (Lipinski definition) is 6. The third-order valence-electron chi connectivity index (χ3n) is 2.23. The van der Waals surface area contributed by atoms with E-state index < -0.39 is 10.0 Å². The molecule has 0 saturated carbocycles. The minimum absolute atomic E-state index is 0. The summed E-state index contributed by atoms with van der Waals surface area (Å²) < 4.78 is 32.3. The second kappa shape index (κ2) is 6.89. The fourth-order valence-electron chi connectivity index (χ4n) is 1.26. The molecule has 0 unspecified atom stereocenters. The molecule has 0 radical (unpaired) electrons. The van der Waals surface area contributed by atoms with E-state index in [1.165, 1.54) is 43.8 Å². The van der Waals surface area contributed by atoms with E-state index in [0.717, 1.165) is 0 Å². The van der Waals surface area contributed by atoms with Crippen LogP contribution in [0.25, 0.3) is 4.72 Å². The van der Waals surface area contributed by atoms with Gasteiger partial charge in [-0.2, -0.15) is 0 Å². The van der Waals surface area contributed by atoms with Crippen LogP contribution in [0, 0.1) is 0 Å². The number of hydrogen-bond donors (Lipinski definition) is 1. The molecule has 2 aromatic rings. The zero-order chi connectivity index (χ0) is 13.9. The van der Waals surface area contributed by atoms with Crippen molar-refractivity contribution in [3.05, 3.63) is 41.4 Å². The van der Waals surface area contributed by atoms with Crippen LogP contribution in [0.2, 0.25) is 0 Å². The Balaban J connectivity index is 0.00000200. The summed E-state index contributed by atoms with van der Waals surface area (Å²) in [7, 11) is -2.39. The first-order valence-electron chi connectivity index (χ1n) is 5.21. The van der Waals surface area contributed by atoms with Crippen molar-refractivity contribution in [2.75, 3.05) is 12.8 Å². The third-order valence-corrected chi connectivity index (χ3v) is 3.50. The van der Waals surface area contributed by atoms with E-state index >= 15 is 0 Å². The van der Waals surface area contributed by atoms with Crippen molar-refractivity contribution in [2.45, 2.75) is 4.90 Å². The van der Waals surface area contributed by atoms with Gasteiger partial charge in [-0.3, -0.25) is 4.72 Å². The third kappa shape index (κ3) is 4.07. The molecule has 2 rings (SSSR count). The maximum atomic E-state index is 11.9. The Hall–Kier alpha value is -1.35. The van der Waals surface area contributed by atoms with E-state index in [1.807, 2.05) is 0 Å². The van der Waals surface area contributed by atoms with Gasteiger partial charge in [-0.05, 0) is 36.7 Å². The maximum absolute atomic E-state index is 11.9. The maximum Gasteiger partial charge on any atom is 1.00 e. The second-order valence-corrected chi connectivity index (χ2v) is 5.16. The van der Waals surface area contributed by atoms with Crippen LogP contribution in [0.4, 0.5) is 11.6 Å². The summed E-state index contributed by atoms with van der Waals surface area (Å²) in [5.41, 5.74) is 5.96. The number of sulfonamides is 1. The van der Waals surface area contributed by atoms with E-state index in [1.54, 1.807) is 0 Å². The number of methoxy groups -OCH3 is 1. The largest absolute Gasteiger partial charge is 1.00 e. The molecule has 0 aliphatic rings. The molecular formula is C11H11N4NaO3S. The van der Waals surface area contributed by atoms with Crippen LogP contribution >= 0.6 is 0 Å². The van der Waals surface area contributed by atoms with Crippen molar-refractivity contribution in [2.24, 2.45) is 0 Å². The average molecular weight is 302 g/mol. The zero-order valence-electron chi connectivity index (χ0n) is 11.0. The predicted octanol–water partition coefficient (Wildman–Crippen LogP) is -1.53. The fraction of sp³-hybridized carbons (Fsp3) is 0.0909. The quantitative estimate of drug-likeness (QED) is 0.542. The van der Waals surface area contributed by atoms with E-state index in [-0.39, 0.29) is 40.4 Å². The Kier molecular flexibility index (Phi) is 5.75. The van der Waals surface area contributed by atoms with E-state index in [9.17, 15) is 8.42 Å².